The summed E-state index contributed by atoms with van der Waals surface area (Å²) >= 11 is 1.32. The van der Waals surface area contributed by atoms with Crippen LogP contribution in [0, 0.1) is 5.82 Å². The largest absolute Gasteiger partial charge is 0.461 e. The highest BCUT2D eigenvalue weighted by atomic mass is 32.1. The Balaban J connectivity index is 2.12. The Morgan fingerprint density at radius 1 is 1.19 bits per heavy atom. The lowest BCUT2D eigenvalue weighted by atomic mass is 10.1. The van der Waals surface area contributed by atoms with Gasteiger partial charge in [0.25, 0.3) is 5.91 Å². The van der Waals surface area contributed by atoms with Crippen LogP contribution >= 0.6 is 11.3 Å². The van der Waals surface area contributed by atoms with Gasteiger partial charge in [0, 0.05) is 17.5 Å². The summed E-state index contributed by atoms with van der Waals surface area (Å²) in [6.45, 7) is 5.01. The number of aromatic nitrogens is 1. The SMILES string of the molecule is CCCCCN(Cc1nc(C(=O)OCC)cs1)C(=O)c1ccc(F)cc1. The lowest BCUT2D eigenvalue weighted by molar-refractivity contribution is 0.0520. The van der Waals surface area contributed by atoms with Gasteiger partial charge in [0.05, 0.1) is 13.2 Å². The molecule has 1 heterocycles. The fourth-order valence-corrected chi connectivity index (χ4v) is 3.20. The van der Waals surface area contributed by atoms with Crippen molar-refractivity contribution in [2.75, 3.05) is 13.2 Å². The molecule has 5 nitrogen and oxygen atoms in total. The van der Waals surface area contributed by atoms with E-state index in [2.05, 4.69) is 11.9 Å². The van der Waals surface area contributed by atoms with Gasteiger partial charge in [-0.15, -0.1) is 11.3 Å². The molecule has 0 saturated carbocycles. The van der Waals surface area contributed by atoms with Crippen LogP contribution in [0.1, 0.15) is 59.0 Å². The molecule has 0 atom stereocenters. The molecule has 2 rings (SSSR count). The molecular formula is C19H23FN2O3S. The third kappa shape index (κ3) is 5.62. The third-order valence-corrected chi connectivity index (χ3v) is 4.61. The zero-order valence-corrected chi connectivity index (χ0v) is 15.9. The molecule has 2 aromatic rings. The van der Waals surface area contributed by atoms with E-state index in [1.807, 2.05) is 0 Å². The van der Waals surface area contributed by atoms with Gasteiger partial charge in [-0.3, -0.25) is 4.79 Å². The van der Waals surface area contributed by atoms with Gasteiger partial charge in [0.2, 0.25) is 0 Å². The van der Waals surface area contributed by atoms with Crippen molar-refractivity contribution in [2.24, 2.45) is 0 Å². The minimum Gasteiger partial charge on any atom is -0.461 e. The van der Waals surface area contributed by atoms with E-state index in [-0.39, 0.29) is 24.0 Å². The number of hydrogen-bond acceptors (Lipinski definition) is 5. The smallest absolute Gasteiger partial charge is 0.357 e. The molecule has 0 unspecified atom stereocenters. The summed E-state index contributed by atoms with van der Waals surface area (Å²) in [6.07, 6.45) is 2.93. The molecule has 26 heavy (non-hydrogen) atoms. The number of ether oxygens (including phenoxy) is 1. The Bertz CT molecular complexity index is 731. The molecule has 1 amide bonds. The second-order valence-electron chi connectivity index (χ2n) is 5.79. The van der Waals surface area contributed by atoms with Gasteiger partial charge in [0.15, 0.2) is 5.69 Å². The van der Waals surface area contributed by atoms with E-state index in [0.717, 1.165) is 19.3 Å². The Hall–Kier alpha value is -2.28. The first-order valence-electron chi connectivity index (χ1n) is 8.71. The summed E-state index contributed by atoms with van der Waals surface area (Å²) in [5.74, 6) is -1.01. The standard InChI is InChI=1S/C19H23FN2O3S/c1-3-5-6-11-22(18(23)14-7-9-15(20)10-8-14)12-17-21-16(13-26-17)19(24)25-4-2/h7-10,13H,3-6,11-12H2,1-2H3. The Morgan fingerprint density at radius 2 is 1.92 bits per heavy atom. The average molecular weight is 378 g/mol. The van der Waals surface area contributed by atoms with Crippen molar-refractivity contribution in [3.63, 3.8) is 0 Å². The van der Waals surface area contributed by atoms with E-state index >= 15 is 0 Å². The maximum absolute atomic E-state index is 13.1. The predicted molar refractivity (Wildman–Crippen MR) is 98.7 cm³/mol. The van der Waals surface area contributed by atoms with Crippen molar-refractivity contribution < 1.29 is 18.7 Å². The first-order valence-corrected chi connectivity index (χ1v) is 9.59. The highest BCUT2D eigenvalue weighted by Gasteiger charge is 2.19. The van der Waals surface area contributed by atoms with Crippen molar-refractivity contribution in [3.8, 4) is 0 Å². The number of esters is 1. The molecule has 0 aliphatic rings. The predicted octanol–water partition coefficient (Wildman–Crippen LogP) is 4.29. The van der Waals surface area contributed by atoms with Gasteiger partial charge >= 0.3 is 5.97 Å². The topological polar surface area (TPSA) is 59.5 Å². The molecule has 140 valence electrons. The number of thiazole rings is 1. The number of carbonyl (C=O) groups excluding carboxylic acids is 2. The summed E-state index contributed by atoms with van der Waals surface area (Å²) in [5, 5.41) is 2.31. The Kier molecular flexibility index (Phi) is 7.72. The molecule has 0 saturated heterocycles. The van der Waals surface area contributed by atoms with Crippen LogP contribution in [0.25, 0.3) is 0 Å². The molecule has 0 aliphatic carbocycles. The zero-order valence-electron chi connectivity index (χ0n) is 15.0. The minimum absolute atomic E-state index is 0.172. The zero-order chi connectivity index (χ0) is 18.9. The van der Waals surface area contributed by atoms with E-state index < -0.39 is 5.97 Å². The summed E-state index contributed by atoms with van der Waals surface area (Å²) in [4.78, 5) is 30.5. The number of rotatable bonds is 9. The lowest BCUT2D eigenvalue weighted by Gasteiger charge is -2.21. The van der Waals surface area contributed by atoms with Crippen LogP contribution in [0.5, 0.6) is 0 Å². The lowest BCUT2D eigenvalue weighted by Crippen LogP contribution is -2.31. The van der Waals surface area contributed by atoms with Gasteiger partial charge < -0.3 is 9.64 Å². The van der Waals surface area contributed by atoms with Gasteiger partial charge in [-0.1, -0.05) is 19.8 Å². The average Bonchev–Trinajstić information content (AvgIpc) is 3.10. The maximum Gasteiger partial charge on any atom is 0.357 e. The van der Waals surface area contributed by atoms with E-state index in [0.29, 0.717) is 23.7 Å². The fraction of sp³-hybridized carbons (Fsp3) is 0.421. The van der Waals surface area contributed by atoms with Crippen molar-refractivity contribution >= 4 is 23.2 Å². The van der Waals surface area contributed by atoms with Gasteiger partial charge in [0.1, 0.15) is 10.8 Å². The molecule has 0 radical (unpaired) electrons. The van der Waals surface area contributed by atoms with E-state index in [1.165, 1.54) is 35.6 Å². The Morgan fingerprint density at radius 3 is 2.58 bits per heavy atom. The molecule has 7 heteroatoms. The van der Waals surface area contributed by atoms with Crippen LogP contribution < -0.4 is 0 Å². The molecule has 1 aromatic carbocycles. The number of carbonyl (C=O) groups is 2. The summed E-state index contributed by atoms with van der Waals surface area (Å²) in [5.41, 5.74) is 0.694. The first-order chi connectivity index (χ1) is 12.5. The molecular weight excluding hydrogens is 355 g/mol. The minimum atomic E-state index is -0.461. The van der Waals surface area contributed by atoms with Crippen LogP contribution in [0.4, 0.5) is 4.39 Å². The number of hydrogen-bond donors (Lipinski definition) is 0. The number of halogens is 1. The molecule has 0 bridgehead atoms. The summed E-state index contributed by atoms with van der Waals surface area (Å²) < 4.78 is 18.1. The van der Waals surface area contributed by atoms with Crippen molar-refractivity contribution in [1.82, 2.24) is 9.88 Å². The monoisotopic (exact) mass is 378 g/mol. The molecule has 0 spiro atoms. The van der Waals surface area contributed by atoms with Crippen molar-refractivity contribution in [1.29, 1.82) is 0 Å². The first kappa shape index (κ1) is 20.0. The quantitative estimate of drug-likeness (QED) is 0.482. The van der Waals surface area contributed by atoms with Gasteiger partial charge in [-0.2, -0.15) is 0 Å². The summed E-state index contributed by atoms with van der Waals surface area (Å²) in [7, 11) is 0. The second kappa shape index (κ2) is 10.0. The number of nitrogens with zero attached hydrogens (tertiary/aromatic N) is 2. The van der Waals surface area contributed by atoms with Crippen LogP contribution in [0.2, 0.25) is 0 Å². The normalized spacial score (nSPS) is 10.6. The highest BCUT2D eigenvalue weighted by Crippen LogP contribution is 2.16. The van der Waals surface area contributed by atoms with Crippen molar-refractivity contribution in [3.05, 3.63) is 51.7 Å². The number of amides is 1. The molecule has 0 aliphatic heterocycles. The van der Waals surface area contributed by atoms with Crippen LogP contribution in [-0.2, 0) is 11.3 Å². The third-order valence-electron chi connectivity index (χ3n) is 3.77. The number of unbranched alkanes of at least 4 members (excludes halogenated alkanes) is 2. The second-order valence-corrected chi connectivity index (χ2v) is 6.73. The van der Waals surface area contributed by atoms with Crippen LogP contribution in [0.15, 0.2) is 29.6 Å². The summed E-state index contributed by atoms with van der Waals surface area (Å²) in [6, 6.07) is 5.52. The number of benzene rings is 1. The van der Waals surface area contributed by atoms with E-state index in [4.69, 9.17) is 4.74 Å². The fourth-order valence-electron chi connectivity index (χ4n) is 2.43. The Labute approximate surface area is 156 Å². The molecule has 1 aromatic heterocycles. The highest BCUT2D eigenvalue weighted by molar-refractivity contribution is 7.09. The van der Waals surface area contributed by atoms with Crippen molar-refractivity contribution in [2.45, 2.75) is 39.7 Å². The molecule has 0 N–H and O–H groups in total. The van der Waals surface area contributed by atoms with Gasteiger partial charge in [-0.05, 0) is 37.6 Å². The van der Waals surface area contributed by atoms with E-state index in [9.17, 15) is 14.0 Å². The van der Waals surface area contributed by atoms with Gasteiger partial charge in [-0.25, -0.2) is 14.2 Å². The van der Waals surface area contributed by atoms with Crippen LogP contribution in [0.3, 0.4) is 0 Å². The van der Waals surface area contributed by atoms with E-state index in [1.54, 1.807) is 17.2 Å². The molecule has 0 fully saturated rings. The van der Waals surface area contributed by atoms with Crippen LogP contribution in [-0.4, -0.2) is 34.9 Å². The maximum atomic E-state index is 13.1.